The molecule has 1 aliphatic heterocycles. The van der Waals surface area contributed by atoms with E-state index in [0.717, 1.165) is 25.8 Å². The maximum Gasteiger partial charge on any atom is 0.410 e. The highest BCUT2D eigenvalue weighted by Crippen LogP contribution is 2.33. The number of likely N-dealkylation sites (tertiary alicyclic amines) is 1. The van der Waals surface area contributed by atoms with Crippen molar-refractivity contribution < 1.29 is 9.53 Å². The fourth-order valence-electron chi connectivity index (χ4n) is 3.57. The molecule has 1 fully saturated rings. The molecular weight excluding hydrogens is 300 g/mol. The van der Waals surface area contributed by atoms with Crippen LogP contribution in [-0.2, 0) is 4.74 Å². The number of nitrogens with two attached hydrogens (primary N) is 1. The summed E-state index contributed by atoms with van der Waals surface area (Å²) in [4.78, 5) is 14.6. The van der Waals surface area contributed by atoms with E-state index in [2.05, 4.69) is 32.0 Å². The molecule has 0 aromatic heterocycles. The SMILES string of the molecule is Cc1ccc(C)c(C(CN)C2CCCCN2C(=O)OC(C)(C)C)c1. The highest BCUT2D eigenvalue weighted by Gasteiger charge is 2.35. The molecule has 4 nitrogen and oxygen atoms in total. The Morgan fingerprint density at radius 1 is 1.33 bits per heavy atom. The van der Waals surface area contributed by atoms with Crippen LogP contribution in [0.1, 0.15) is 62.6 Å². The Balaban J connectivity index is 2.30. The van der Waals surface area contributed by atoms with Gasteiger partial charge in [0.25, 0.3) is 0 Å². The van der Waals surface area contributed by atoms with Crippen molar-refractivity contribution >= 4 is 6.09 Å². The first-order valence-corrected chi connectivity index (χ1v) is 9.00. The Bertz CT molecular complexity index is 577. The Kier molecular flexibility index (Phi) is 5.92. The summed E-state index contributed by atoms with van der Waals surface area (Å²) in [7, 11) is 0. The average molecular weight is 332 g/mol. The van der Waals surface area contributed by atoms with Gasteiger partial charge in [0.15, 0.2) is 0 Å². The summed E-state index contributed by atoms with van der Waals surface area (Å²) in [5.74, 6) is 0.151. The molecule has 2 unspecified atom stereocenters. The molecule has 0 saturated carbocycles. The van der Waals surface area contributed by atoms with Gasteiger partial charge in [0.1, 0.15) is 5.60 Å². The van der Waals surface area contributed by atoms with Gasteiger partial charge in [-0.2, -0.15) is 0 Å². The average Bonchev–Trinajstić information content (AvgIpc) is 2.50. The van der Waals surface area contributed by atoms with E-state index in [0.29, 0.717) is 6.54 Å². The number of benzene rings is 1. The van der Waals surface area contributed by atoms with E-state index < -0.39 is 5.60 Å². The summed E-state index contributed by atoms with van der Waals surface area (Å²) >= 11 is 0. The summed E-state index contributed by atoms with van der Waals surface area (Å²) in [5, 5.41) is 0. The predicted molar refractivity (Wildman–Crippen MR) is 98.3 cm³/mol. The molecule has 1 aromatic rings. The summed E-state index contributed by atoms with van der Waals surface area (Å²) in [6.45, 7) is 11.2. The summed E-state index contributed by atoms with van der Waals surface area (Å²) in [5.41, 5.74) is 9.42. The van der Waals surface area contributed by atoms with Crippen LogP contribution >= 0.6 is 0 Å². The highest BCUT2D eigenvalue weighted by molar-refractivity contribution is 5.69. The Morgan fingerprint density at radius 3 is 2.67 bits per heavy atom. The van der Waals surface area contributed by atoms with Crippen LogP contribution in [0.5, 0.6) is 0 Å². The molecule has 1 aromatic carbocycles. The number of nitrogens with zero attached hydrogens (tertiary/aromatic N) is 1. The number of carbonyl (C=O) groups is 1. The smallest absolute Gasteiger partial charge is 0.410 e. The van der Waals surface area contributed by atoms with Crippen LogP contribution in [0.2, 0.25) is 0 Å². The Morgan fingerprint density at radius 2 is 2.04 bits per heavy atom. The molecule has 0 bridgehead atoms. The number of hydrogen-bond donors (Lipinski definition) is 1. The van der Waals surface area contributed by atoms with E-state index in [1.54, 1.807) is 0 Å². The number of amides is 1. The molecule has 2 rings (SSSR count). The van der Waals surface area contributed by atoms with Crippen LogP contribution in [0.4, 0.5) is 4.79 Å². The predicted octanol–water partition coefficient (Wildman–Crippen LogP) is 4.14. The lowest BCUT2D eigenvalue weighted by Crippen LogP contribution is -2.50. The number of aryl methyl sites for hydroxylation is 2. The third-order valence-corrected chi connectivity index (χ3v) is 4.73. The van der Waals surface area contributed by atoms with Crippen LogP contribution in [0.25, 0.3) is 0 Å². The second-order valence-corrected chi connectivity index (χ2v) is 7.94. The zero-order valence-electron chi connectivity index (χ0n) is 15.8. The number of rotatable bonds is 3. The molecule has 1 amide bonds. The van der Waals surface area contributed by atoms with E-state index in [-0.39, 0.29) is 18.1 Å². The van der Waals surface area contributed by atoms with Gasteiger partial charge in [-0.3, -0.25) is 0 Å². The van der Waals surface area contributed by atoms with Gasteiger partial charge in [-0.25, -0.2) is 4.79 Å². The Labute approximate surface area is 146 Å². The molecule has 1 aliphatic rings. The summed E-state index contributed by atoms with van der Waals surface area (Å²) < 4.78 is 5.64. The molecule has 24 heavy (non-hydrogen) atoms. The maximum absolute atomic E-state index is 12.7. The van der Waals surface area contributed by atoms with Crippen molar-refractivity contribution in [1.29, 1.82) is 0 Å². The van der Waals surface area contributed by atoms with Crippen molar-refractivity contribution in [3.63, 3.8) is 0 Å². The Hall–Kier alpha value is -1.55. The van der Waals surface area contributed by atoms with Crippen LogP contribution in [0.3, 0.4) is 0 Å². The van der Waals surface area contributed by atoms with Gasteiger partial charge in [-0.15, -0.1) is 0 Å². The lowest BCUT2D eigenvalue weighted by atomic mass is 9.83. The number of piperidine rings is 1. The van der Waals surface area contributed by atoms with Gasteiger partial charge in [0.2, 0.25) is 0 Å². The van der Waals surface area contributed by atoms with Crippen molar-refractivity contribution in [1.82, 2.24) is 4.90 Å². The third-order valence-electron chi connectivity index (χ3n) is 4.73. The lowest BCUT2D eigenvalue weighted by molar-refractivity contribution is 0.00661. The molecular formula is C20H32N2O2. The highest BCUT2D eigenvalue weighted by atomic mass is 16.6. The second-order valence-electron chi connectivity index (χ2n) is 7.94. The minimum atomic E-state index is -0.476. The number of ether oxygens (including phenoxy) is 1. The zero-order chi connectivity index (χ0) is 17.9. The molecule has 0 aliphatic carbocycles. The first-order valence-electron chi connectivity index (χ1n) is 9.00. The van der Waals surface area contributed by atoms with Gasteiger partial charge in [0, 0.05) is 25.0 Å². The summed E-state index contributed by atoms with van der Waals surface area (Å²) in [6, 6.07) is 6.60. The van der Waals surface area contributed by atoms with Gasteiger partial charge in [0.05, 0.1) is 0 Å². The fourth-order valence-corrected chi connectivity index (χ4v) is 3.57. The lowest BCUT2D eigenvalue weighted by Gasteiger charge is -2.41. The van der Waals surface area contributed by atoms with Crippen LogP contribution in [0, 0.1) is 13.8 Å². The van der Waals surface area contributed by atoms with E-state index >= 15 is 0 Å². The minimum Gasteiger partial charge on any atom is -0.444 e. The fraction of sp³-hybridized carbons (Fsp3) is 0.650. The van der Waals surface area contributed by atoms with Gasteiger partial charge in [-0.1, -0.05) is 23.8 Å². The first-order chi connectivity index (χ1) is 11.2. The molecule has 2 atom stereocenters. The van der Waals surface area contributed by atoms with E-state index in [4.69, 9.17) is 10.5 Å². The van der Waals surface area contributed by atoms with Gasteiger partial charge in [-0.05, 0) is 65.0 Å². The van der Waals surface area contributed by atoms with Gasteiger partial charge < -0.3 is 15.4 Å². The zero-order valence-corrected chi connectivity index (χ0v) is 15.8. The largest absolute Gasteiger partial charge is 0.444 e. The molecule has 1 heterocycles. The normalized spacial score (nSPS) is 19.9. The van der Waals surface area contributed by atoms with Crippen LogP contribution < -0.4 is 5.73 Å². The minimum absolute atomic E-state index is 0.110. The van der Waals surface area contributed by atoms with Crippen LogP contribution in [0.15, 0.2) is 18.2 Å². The molecule has 0 radical (unpaired) electrons. The van der Waals surface area contributed by atoms with Crippen molar-refractivity contribution in [3.05, 3.63) is 34.9 Å². The monoisotopic (exact) mass is 332 g/mol. The molecule has 1 saturated heterocycles. The first kappa shape index (κ1) is 18.8. The van der Waals surface area contributed by atoms with E-state index in [9.17, 15) is 4.79 Å². The molecule has 134 valence electrons. The maximum atomic E-state index is 12.7. The number of hydrogen-bond acceptors (Lipinski definition) is 3. The summed E-state index contributed by atoms with van der Waals surface area (Å²) in [6.07, 6.45) is 2.93. The quantitative estimate of drug-likeness (QED) is 0.905. The standard InChI is InChI=1S/C20H32N2O2/c1-14-9-10-15(2)16(12-14)17(13-21)18-8-6-7-11-22(18)19(23)24-20(3,4)5/h9-10,12,17-18H,6-8,11,13,21H2,1-5H3. The molecule has 0 spiro atoms. The van der Waals surface area contributed by atoms with Crippen molar-refractivity contribution in [2.24, 2.45) is 5.73 Å². The number of carbonyl (C=O) groups excluding carboxylic acids is 1. The van der Waals surface area contributed by atoms with Crippen molar-refractivity contribution in [2.45, 2.75) is 71.4 Å². The van der Waals surface area contributed by atoms with Crippen LogP contribution in [-0.4, -0.2) is 35.7 Å². The van der Waals surface area contributed by atoms with Crippen molar-refractivity contribution in [2.75, 3.05) is 13.1 Å². The molecule has 2 N–H and O–H groups in total. The van der Waals surface area contributed by atoms with Crippen molar-refractivity contribution in [3.8, 4) is 0 Å². The second kappa shape index (κ2) is 7.56. The van der Waals surface area contributed by atoms with Gasteiger partial charge >= 0.3 is 6.09 Å². The molecule has 4 heteroatoms. The topological polar surface area (TPSA) is 55.6 Å². The van der Waals surface area contributed by atoms with E-state index in [1.165, 1.54) is 16.7 Å². The van der Waals surface area contributed by atoms with E-state index in [1.807, 2.05) is 25.7 Å². The third kappa shape index (κ3) is 4.50.